The Hall–Kier alpha value is -0.940. The Morgan fingerprint density at radius 1 is 1.39 bits per heavy atom. The summed E-state index contributed by atoms with van der Waals surface area (Å²) in [5, 5.41) is 2.75. The first-order chi connectivity index (χ1) is 8.66. The van der Waals surface area contributed by atoms with Gasteiger partial charge in [-0.05, 0) is 44.1 Å². The number of carbonyl (C=O) groups excluding carboxylic acids is 1. The zero-order chi connectivity index (χ0) is 13.0. The fourth-order valence-corrected chi connectivity index (χ4v) is 2.44. The first-order valence-corrected chi connectivity index (χ1v) is 6.92. The van der Waals surface area contributed by atoms with Crippen molar-refractivity contribution in [2.24, 2.45) is 0 Å². The van der Waals surface area contributed by atoms with E-state index in [0.29, 0.717) is 11.0 Å². The summed E-state index contributed by atoms with van der Waals surface area (Å²) in [5.41, 5.74) is 0.0969. The Morgan fingerprint density at radius 2 is 2.11 bits per heavy atom. The van der Waals surface area contributed by atoms with Gasteiger partial charge in [0.1, 0.15) is 5.82 Å². The van der Waals surface area contributed by atoms with E-state index in [2.05, 4.69) is 26.1 Å². The summed E-state index contributed by atoms with van der Waals surface area (Å²) in [4.78, 5) is 14.1. The highest BCUT2D eigenvalue weighted by atomic mass is 79.9. The van der Waals surface area contributed by atoms with Crippen molar-refractivity contribution in [2.45, 2.75) is 12.8 Å². The van der Waals surface area contributed by atoms with Crippen molar-refractivity contribution in [3.05, 3.63) is 34.1 Å². The van der Waals surface area contributed by atoms with Gasteiger partial charge >= 0.3 is 0 Å². The molecule has 1 fully saturated rings. The second-order valence-electron chi connectivity index (χ2n) is 4.43. The number of hydrogen-bond acceptors (Lipinski definition) is 2. The molecule has 1 aliphatic rings. The van der Waals surface area contributed by atoms with E-state index in [-0.39, 0.29) is 11.5 Å². The number of rotatable bonds is 4. The van der Waals surface area contributed by atoms with Crippen LogP contribution in [0.25, 0.3) is 0 Å². The van der Waals surface area contributed by atoms with Crippen molar-refractivity contribution in [2.75, 3.05) is 26.2 Å². The number of benzene rings is 1. The molecule has 2 rings (SSSR count). The lowest BCUT2D eigenvalue weighted by Crippen LogP contribution is -2.33. The Balaban J connectivity index is 1.83. The van der Waals surface area contributed by atoms with Crippen LogP contribution in [-0.4, -0.2) is 37.0 Å². The van der Waals surface area contributed by atoms with Gasteiger partial charge in [0, 0.05) is 17.6 Å². The predicted molar refractivity (Wildman–Crippen MR) is 72.1 cm³/mol. The van der Waals surface area contributed by atoms with Crippen LogP contribution in [0.1, 0.15) is 23.2 Å². The number of amides is 1. The van der Waals surface area contributed by atoms with Crippen LogP contribution in [0.4, 0.5) is 4.39 Å². The van der Waals surface area contributed by atoms with Crippen LogP contribution in [0.5, 0.6) is 0 Å². The van der Waals surface area contributed by atoms with Crippen molar-refractivity contribution < 1.29 is 9.18 Å². The van der Waals surface area contributed by atoms with Gasteiger partial charge in [0.15, 0.2) is 0 Å². The Morgan fingerprint density at radius 3 is 2.78 bits per heavy atom. The third-order valence-electron chi connectivity index (χ3n) is 3.09. The van der Waals surface area contributed by atoms with Gasteiger partial charge in [-0.2, -0.15) is 0 Å². The molecule has 0 radical (unpaired) electrons. The molecule has 0 bridgehead atoms. The summed E-state index contributed by atoms with van der Waals surface area (Å²) < 4.78 is 14.2. The quantitative estimate of drug-likeness (QED) is 0.925. The Bertz CT molecular complexity index is 433. The molecule has 0 unspecified atom stereocenters. The second kappa shape index (κ2) is 6.29. The predicted octanol–water partition coefficient (Wildman–Crippen LogP) is 2.41. The van der Waals surface area contributed by atoms with Gasteiger partial charge in [0.05, 0.1) is 5.56 Å². The molecule has 1 saturated heterocycles. The maximum atomic E-state index is 13.5. The molecule has 0 atom stereocenters. The van der Waals surface area contributed by atoms with Crippen molar-refractivity contribution in [1.29, 1.82) is 0 Å². The Labute approximate surface area is 114 Å². The minimum atomic E-state index is -0.497. The molecule has 98 valence electrons. The van der Waals surface area contributed by atoms with Crippen molar-refractivity contribution in [1.82, 2.24) is 10.2 Å². The van der Waals surface area contributed by atoms with Crippen molar-refractivity contribution in [3.63, 3.8) is 0 Å². The number of hydrogen-bond donors (Lipinski definition) is 1. The van der Waals surface area contributed by atoms with Gasteiger partial charge in [-0.15, -0.1) is 0 Å². The largest absolute Gasteiger partial charge is 0.351 e. The van der Waals surface area contributed by atoms with E-state index < -0.39 is 5.82 Å². The number of likely N-dealkylation sites (tertiary alicyclic amines) is 1. The van der Waals surface area contributed by atoms with Crippen LogP contribution in [-0.2, 0) is 0 Å². The van der Waals surface area contributed by atoms with Crippen LogP contribution in [0.3, 0.4) is 0 Å². The minimum Gasteiger partial charge on any atom is -0.351 e. The molecule has 0 aliphatic carbocycles. The molecule has 1 amide bonds. The first-order valence-electron chi connectivity index (χ1n) is 6.12. The SMILES string of the molecule is O=C(NCCN1CCCC1)c1ccc(Br)cc1F. The van der Waals surface area contributed by atoms with Crippen molar-refractivity contribution in [3.8, 4) is 0 Å². The highest BCUT2D eigenvalue weighted by Gasteiger charge is 2.13. The van der Waals surface area contributed by atoms with Gasteiger partial charge in [0.2, 0.25) is 0 Å². The monoisotopic (exact) mass is 314 g/mol. The molecule has 3 nitrogen and oxygen atoms in total. The summed E-state index contributed by atoms with van der Waals surface area (Å²) in [6.07, 6.45) is 2.46. The number of nitrogens with zero attached hydrogens (tertiary/aromatic N) is 1. The molecule has 1 aliphatic heterocycles. The summed E-state index contributed by atoms with van der Waals surface area (Å²) in [5.74, 6) is -0.845. The van der Waals surface area contributed by atoms with Crippen molar-refractivity contribution >= 4 is 21.8 Å². The van der Waals surface area contributed by atoms with Crippen LogP contribution < -0.4 is 5.32 Å². The molecule has 1 aromatic carbocycles. The summed E-state index contributed by atoms with van der Waals surface area (Å²) in [6, 6.07) is 4.46. The summed E-state index contributed by atoms with van der Waals surface area (Å²) in [6.45, 7) is 3.60. The molecule has 0 saturated carbocycles. The lowest BCUT2D eigenvalue weighted by atomic mass is 10.2. The molecule has 5 heteroatoms. The van der Waals surface area contributed by atoms with Crippen LogP contribution >= 0.6 is 15.9 Å². The lowest BCUT2D eigenvalue weighted by molar-refractivity contribution is 0.0945. The zero-order valence-electron chi connectivity index (χ0n) is 10.1. The molecule has 1 heterocycles. The van der Waals surface area contributed by atoms with Gasteiger partial charge in [-0.3, -0.25) is 4.79 Å². The van der Waals surface area contributed by atoms with E-state index in [0.717, 1.165) is 19.6 Å². The topological polar surface area (TPSA) is 32.3 Å². The smallest absolute Gasteiger partial charge is 0.254 e. The standard InChI is InChI=1S/C13H16BrFN2O/c14-10-3-4-11(12(15)9-10)13(18)16-5-8-17-6-1-2-7-17/h3-4,9H,1-2,5-8H2,(H,16,18). The van der Waals surface area contributed by atoms with E-state index in [4.69, 9.17) is 0 Å². The van der Waals surface area contributed by atoms with Crippen LogP contribution in [0, 0.1) is 5.82 Å². The molecule has 0 aromatic heterocycles. The van der Waals surface area contributed by atoms with Gasteiger partial charge < -0.3 is 10.2 Å². The molecule has 18 heavy (non-hydrogen) atoms. The van der Waals surface area contributed by atoms with Crippen LogP contribution in [0.15, 0.2) is 22.7 Å². The average Bonchev–Trinajstić information content (AvgIpc) is 2.81. The maximum Gasteiger partial charge on any atom is 0.254 e. The highest BCUT2D eigenvalue weighted by molar-refractivity contribution is 9.10. The molecular weight excluding hydrogens is 299 g/mol. The number of carbonyl (C=O) groups is 1. The Kier molecular flexibility index (Phi) is 4.72. The van der Waals surface area contributed by atoms with E-state index >= 15 is 0 Å². The molecular formula is C13H16BrFN2O. The van der Waals surface area contributed by atoms with Gasteiger partial charge in [-0.1, -0.05) is 15.9 Å². The maximum absolute atomic E-state index is 13.5. The third-order valence-corrected chi connectivity index (χ3v) is 3.58. The lowest BCUT2D eigenvalue weighted by Gasteiger charge is -2.14. The normalized spacial score (nSPS) is 15.9. The van der Waals surface area contributed by atoms with E-state index in [9.17, 15) is 9.18 Å². The van der Waals surface area contributed by atoms with E-state index in [1.54, 1.807) is 6.07 Å². The third kappa shape index (κ3) is 3.53. The van der Waals surface area contributed by atoms with Gasteiger partial charge in [0.25, 0.3) is 5.91 Å². The number of nitrogens with one attached hydrogen (secondary N) is 1. The number of halogens is 2. The zero-order valence-corrected chi connectivity index (χ0v) is 11.7. The average molecular weight is 315 g/mol. The fourth-order valence-electron chi connectivity index (χ4n) is 2.10. The van der Waals surface area contributed by atoms with Crippen LogP contribution in [0.2, 0.25) is 0 Å². The van der Waals surface area contributed by atoms with Gasteiger partial charge in [-0.25, -0.2) is 4.39 Å². The van der Waals surface area contributed by atoms with E-state index in [1.165, 1.54) is 25.0 Å². The second-order valence-corrected chi connectivity index (χ2v) is 5.34. The van der Waals surface area contributed by atoms with E-state index in [1.807, 2.05) is 0 Å². The summed E-state index contributed by atoms with van der Waals surface area (Å²) in [7, 11) is 0. The molecule has 1 aromatic rings. The fraction of sp³-hybridized carbons (Fsp3) is 0.462. The minimum absolute atomic E-state index is 0.0969. The summed E-state index contributed by atoms with van der Waals surface area (Å²) >= 11 is 3.16. The first kappa shape index (κ1) is 13.5. The molecule has 0 spiro atoms. The highest BCUT2D eigenvalue weighted by Crippen LogP contribution is 2.15. The molecule has 1 N–H and O–H groups in total.